The summed E-state index contributed by atoms with van der Waals surface area (Å²) in [5.41, 5.74) is 0. The Morgan fingerprint density at radius 1 is 1.47 bits per heavy atom. The van der Waals surface area contributed by atoms with E-state index >= 15 is 0 Å². The summed E-state index contributed by atoms with van der Waals surface area (Å²) in [4.78, 5) is 13.3. The Labute approximate surface area is 90.1 Å². The van der Waals surface area contributed by atoms with Gasteiger partial charge in [-0.15, -0.1) is 0 Å². The van der Waals surface area contributed by atoms with Crippen LogP contribution in [0.5, 0.6) is 0 Å². The van der Waals surface area contributed by atoms with E-state index in [9.17, 15) is 4.79 Å². The number of carbonyl (C=O) groups is 1. The number of nitrogens with zero attached hydrogens (tertiary/aromatic N) is 2. The maximum absolute atomic E-state index is 11.5. The number of hydrogen-bond donors (Lipinski definition) is 0. The summed E-state index contributed by atoms with van der Waals surface area (Å²) in [6.07, 6.45) is 5.61. The van der Waals surface area contributed by atoms with Crippen LogP contribution in [0.2, 0.25) is 0 Å². The highest BCUT2D eigenvalue weighted by Crippen LogP contribution is 2.00. The highest BCUT2D eigenvalue weighted by Gasteiger charge is 2.13. The molecule has 0 N–H and O–H groups in total. The van der Waals surface area contributed by atoms with Crippen molar-refractivity contribution < 1.29 is 9.53 Å². The zero-order valence-corrected chi connectivity index (χ0v) is 8.82. The number of nitriles is 1. The summed E-state index contributed by atoms with van der Waals surface area (Å²) in [5, 5.41) is 8.32. The van der Waals surface area contributed by atoms with Crippen molar-refractivity contribution in [1.29, 1.82) is 5.26 Å². The van der Waals surface area contributed by atoms with Crippen LogP contribution in [0.25, 0.3) is 0 Å². The maximum Gasteiger partial charge on any atom is 0.246 e. The fourth-order valence-corrected chi connectivity index (χ4v) is 1.37. The molecule has 1 saturated heterocycles. The summed E-state index contributed by atoms with van der Waals surface area (Å²) >= 11 is 0. The molecule has 1 rings (SSSR count). The van der Waals surface area contributed by atoms with Crippen molar-refractivity contribution >= 4 is 5.91 Å². The standard InChI is InChI=1S/C11H16N2O2/c12-6-4-2-1-3-5-11(14)13-7-9-15-10-8-13/h3,5H,1-2,4,7-10H2/b5-3+. The van der Waals surface area contributed by atoms with Crippen LogP contribution in [0.1, 0.15) is 19.3 Å². The fraction of sp³-hybridized carbons (Fsp3) is 0.636. The minimum Gasteiger partial charge on any atom is -0.378 e. The van der Waals surface area contributed by atoms with Gasteiger partial charge in [0.15, 0.2) is 0 Å². The van der Waals surface area contributed by atoms with Crippen molar-refractivity contribution in [2.24, 2.45) is 0 Å². The van der Waals surface area contributed by atoms with E-state index in [1.54, 1.807) is 11.0 Å². The second-order valence-electron chi connectivity index (χ2n) is 3.39. The summed E-state index contributed by atoms with van der Waals surface area (Å²) in [6, 6.07) is 2.07. The Morgan fingerprint density at radius 2 is 2.20 bits per heavy atom. The van der Waals surface area contributed by atoms with Gasteiger partial charge in [-0.25, -0.2) is 0 Å². The smallest absolute Gasteiger partial charge is 0.246 e. The average molecular weight is 208 g/mol. The van der Waals surface area contributed by atoms with Crippen LogP contribution in [-0.2, 0) is 9.53 Å². The Morgan fingerprint density at radius 3 is 2.87 bits per heavy atom. The van der Waals surface area contributed by atoms with E-state index in [1.807, 2.05) is 6.08 Å². The van der Waals surface area contributed by atoms with Crippen molar-refractivity contribution in [1.82, 2.24) is 4.90 Å². The molecule has 1 aliphatic rings. The minimum absolute atomic E-state index is 0.0512. The molecule has 0 saturated carbocycles. The molecule has 0 aromatic heterocycles. The van der Waals surface area contributed by atoms with Gasteiger partial charge in [-0.2, -0.15) is 5.26 Å². The molecule has 0 aliphatic carbocycles. The zero-order valence-electron chi connectivity index (χ0n) is 8.82. The number of carbonyl (C=O) groups excluding carboxylic acids is 1. The van der Waals surface area contributed by atoms with Crippen LogP contribution >= 0.6 is 0 Å². The first-order valence-corrected chi connectivity index (χ1v) is 5.24. The van der Waals surface area contributed by atoms with Gasteiger partial charge in [-0.05, 0) is 18.9 Å². The molecule has 0 bridgehead atoms. The topological polar surface area (TPSA) is 53.3 Å². The van der Waals surface area contributed by atoms with Gasteiger partial charge >= 0.3 is 0 Å². The van der Waals surface area contributed by atoms with Gasteiger partial charge in [-0.1, -0.05) is 6.08 Å². The first kappa shape index (κ1) is 11.7. The largest absolute Gasteiger partial charge is 0.378 e. The number of amides is 1. The lowest BCUT2D eigenvalue weighted by Crippen LogP contribution is -2.39. The van der Waals surface area contributed by atoms with Gasteiger partial charge in [0.1, 0.15) is 0 Å². The Kier molecular flexibility index (Phi) is 5.49. The van der Waals surface area contributed by atoms with E-state index in [4.69, 9.17) is 10.00 Å². The first-order chi connectivity index (χ1) is 7.34. The summed E-state index contributed by atoms with van der Waals surface area (Å²) in [7, 11) is 0. The number of hydrogen-bond acceptors (Lipinski definition) is 3. The molecule has 82 valence electrons. The second-order valence-corrected chi connectivity index (χ2v) is 3.39. The van der Waals surface area contributed by atoms with E-state index < -0.39 is 0 Å². The van der Waals surface area contributed by atoms with Crippen LogP contribution in [0.15, 0.2) is 12.2 Å². The lowest BCUT2D eigenvalue weighted by atomic mass is 10.2. The van der Waals surface area contributed by atoms with Gasteiger partial charge in [-0.3, -0.25) is 4.79 Å². The summed E-state index contributed by atoms with van der Waals surface area (Å²) in [6.45, 7) is 2.63. The van der Waals surface area contributed by atoms with E-state index in [-0.39, 0.29) is 5.91 Å². The number of allylic oxidation sites excluding steroid dienone is 1. The number of ether oxygens (including phenoxy) is 1. The zero-order chi connectivity index (χ0) is 10.9. The molecule has 1 heterocycles. The molecular formula is C11H16N2O2. The van der Waals surface area contributed by atoms with Gasteiger partial charge in [0, 0.05) is 19.5 Å². The minimum atomic E-state index is 0.0512. The van der Waals surface area contributed by atoms with Crippen molar-refractivity contribution in [3.8, 4) is 6.07 Å². The number of unbranched alkanes of at least 4 members (excludes halogenated alkanes) is 2. The highest BCUT2D eigenvalue weighted by molar-refractivity contribution is 5.87. The molecule has 4 nitrogen and oxygen atoms in total. The SMILES string of the molecule is N#CCCC/C=C/C(=O)N1CCOCC1. The highest BCUT2D eigenvalue weighted by atomic mass is 16.5. The van der Waals surface area contributed by atoms with Gasteiger partial charge in [0.25, 0.3) is 0 Å². The lowest BCUT2D eigenvalue weighted by Gasteiger charge is -2.25. The molecule has 0 unspecified atom stereocenters. The third-order valence-corrected chi connectivity index (χ3v) is 2.24. The normalized spacial score (nSPS) is 16.6. The third kappa shape index (κ3) is 4.61. The van der Waals surface area contributed by atoms with Crippen molar-refractivity contribution in [3.05, 3.63) is 12.2 Å². The molecule has 15 heavy (non-hydrogen) atoms. The van der Waals surface area contributed by atoms with E-state index in [0.29, 0.717) is 32.7 Å². The van der Waals surface area contributed by atoms with Crippen LogP contribution in [0.3, 0.4) is 0 Å². The molecular weight excluding hydrogens is 192 g/mol. The van der Waals surface area contributed by atoms with Crippen molar-refractivity contribution in [2.75, 3.05) is 26.3 Å². The van der Waals surface area contributed by atoms with Crippen LogP contribution in [0.4, 0.5) is 0 Å². The molecule has 4 heteroatoms. The molecule has 1 aliphatic heterocycles. The van der Waals surface area contributed by atoms with Crippen LogP contribution in [0, 0.1) is 11.3 Å². The second kappa shape index (κ2) is 7.02. The molecule has 0 aromatic rings. The first-order valence-electron chi connectivity index (χ1n) is 5.24. The molecule has 0 aromatic carbocycles. The quantitative estimate of drug-likeness (QED) is 0.513. The number of rotatable bonds is 4. The Bertz CT molecular complexity index is 262. The predicted molar refractivity (Wildman–Crippen MR) is 56.0 cm³/mol. The fourth-order valence-electron chi connectivity index (χ4n) is 1.37. The predicted octanol–water partition coefficient (Wildman–Crippen LogP) is 1.10. The van der Waals surface area contributed by atoms with E-state index in [2.05, 4.69) is 6.07 Å². The summed E-state index contributed by atoms with van der Waals surface area (Å²) in [5.74, 6) is 0.0512. The molecule has 0 radical (unpaired) electrons. The van der Waals surface area contributed by atoms with Gasteiger partial charge in [0.2, 0.25) is 5.91 Å². The molecule has 1 fully saturated rings. The van der Waals surface area contributed by atoms with Crippen LogP contribution in [-0.4, -0.2) is 37.1 Å². The number of morpholine rings is 1. The average Bonchev–Trinajstić information content (AvgIpc) is 2.30. The van der Waals surface area contributed by atoms with Crippen LogP contribution < -0.4 is 0 Å². The van der Waals surface area contributed by atoms with Crippen molar-refractivity contribution in [2.45, 2.75) is 19.3 Å². The van der Waals surface area contributed by atoms with E-state index in [1.165, 1.54) is 0 Å². The van der Waals surface area contributed by atoms with Crippen molar-refractivity contribution in [3.63, 3.8) is 0 Å². The van der Waals surface area contributed by atoms with Gasteiger partial charge < -0.3 is 9.64 Å². The Balaban J connectivity index is 2.19. The molecule has 0 atom stereocenters. The monoisotopic (exact) mass is 208 g/mol. The Hall–Kier alpha value is -1.34. The van der Waals surface area contributed by atoms with E-state index in [0.717, 1.165) is 12.8 Å². The molecule has 1 amide bonds. The molecule has 0 spiro atoms. The third-order valence-electron chi connectivity index (χ3n) is 2.24. The lowest BCUT2D eigenvalue weighted by molar-refractivity contribution is -0.129. The van der Waals surface area contributed by atoms with Gasteiger partial charge in [0.05, 0.1) is 19.3 Å². The summed E-state index contributed by atoms with van der Waals surface area (Å²) < 4.78 is 5.15. The maximum atomic E-state index is 11.5.